The summed E-state index contributed by atoms with van der Waals surface area (Å²) in [6.07, 6.45) is 0.796. The van der Waals surface area contributed by atoms with Crippen molar-refractivity contribution < 1.29 is 0 Å². The van der Waals surface area contributed by atoms with E-state index in [0.29, 0.717) is 17.3 Å². The first-order valence-electron chi connectivity index (χ1n) is 10.6. The second-order valence-corrected chi connectivity index (χ2v) is 10.0. The van der Waals surface area contributed by atoms with Crippen LogP contribution in [-0.2, 0) is 6.54 Å². The number of benzene rings is 3. The number of halogens is 1. The maximum atomic E-state index is 13.3. The predicted octanol–water partition coefficient (Wildman–Crippen LogP) is 4.47. The van der Waals surface area contributed by atoms with Crippen molar-refractivity contribution in [2.75, 3.05) is 19.6 Å². The van der Waals surface area contributed by atoms with Crippen molar-refractivity contribution in [3.8, 4) is 0 Å². The van der Waals surface area contributed by atoms with Crippen LogP contribution in [-0.4, -0.2) is 43.6 Å². The molecule has 0 radical (unpaired) electrons. The van der Waals surface area contributed by atoms with Crippen LogP contribution in [0.1, 0.15) is 20.3 Å². The zero-order chi connectivity index (χ0) is 20.8. The van der Waals surface area contributed by atoms with Gasteiger partial charge in [0.15, 0.2) is 0 Å². The molecule has 6 heteroatoms. The Balaban J connectivity index is 0.00000231. The first kappa shape index (κ1) is 22.0. The molecule has 0 unspecified atom stereocenters. The zero-order valence-electron chi connectivity index (χ0n) is 17.7. The fraction of sp³-hybridized carbons (Fsp3) is 0.280. The Morgan fingerprint density at radius 3 is 2.13 bits per heavy atom. The molecule has 0 fully saturated rings. The Bertz CT molecular complexity index is 1470. The van der Waals surface area contributed by atoms with Crippen LogP contribution < -0.4 is 11.1 Å². The van der Waals surface area contributed by atoms with Crippen molar-refractivity contribution in [2.45, 2.75) is 26.8 Å². The topological polar surface area (TPSA) is 42.3 Å². The third-order valence-corrected chi connectivity index (χ3v) is 8.60. The summed E-state index contributed by atoms with van der Waals surface area (Å²) in [7, 11) is 0. The van der Waals surface area contributed by atoms with Gasteiger partial charge in [-0.15, -0.1) is 12.4 Å². The molecule has 0 amide bonds. The minimum absolute atomic E-state index is 0. The summed E-state index contributed by atoms with van der Waals surface area (Å²) >= 11 is 0.174. The molecule has 0 saturated carbocycles. The second kappa shape index (κ2) is 8.76. The van der Waals surface area contributed by atoms with E-state index in [-0.39, 0.29) is 38.0 Å². The molecule has 3 aromatic carbocycles. The second-order valence-electron chi connectivity index (χ2n) is 7.76. The summed E-state index contributed by atoms with van der Waals surface area (Å²) in [6, 6.07) is 16.5. The molecule has 5 rings (SSSR count). The Morgan fingerprint density at radius 1 is 0.774 bits per heavy atom. The number of hydrogen-bond donors (Lipinski definition) is 0. The average Bonchev–Trinajstić information content (AvgIpc) is 2.78. The van der Waals surface area contributed by atoms with E-state index < -0.39 is 0 Å². The van der Waals surface area contributed by atoms with E-state index in [1.165, 1.54) is 18.5 Å². The maximum Gasteiger partial charge on any atom is -0.147 e. The molecule has 4 nitrogen and oxygen atoms in total. The van der Waals surface area contributed by atoms with Crippen LogP contribution in [0.5, 0.6) is 0 Å². The van der Waals surface area contributed by atoms with Crippen LogP contribution in [0.2, 0.25) is 0 Å². The summed E-state index contributed by atoms with van der Waals surface area (Å²) in [6.45, 7) is 7.59. The number of hydrogen-bond acceptors (Lipinski definition) is 3. The van der Waals surface area contributed by atoms with Crippen molar-refractivity contribution in [1.29, 1.82) is 0 Å². The molecular formula is C25H25ClN2O2Se. The molecule has 31 heavy (non-hydrogen) atoms. The number of pyridine rings is 1. The van der Waals surface area contributed by atoms with Crippen LogP contribution in [0.25, 0.3) is 40.8 Å². The van der Waals surface area contributed by atoms with Gasteiger partial charge in [0.2, 0.25) is 0 Å². The van der Waals surface area contributed by atoms with Crippen LogP contribution in [0.15, 0.2) is 58.1 Å². The summed E-state index contributed by atoms with van der Waals surface area (Å²) in [5, 5.41) is 5.68. The van der Waals surface area contributed by atoms with Gasteiger partial charge in [0.25, 0.3) is 0 Å². The van der Waals surface area contributed by atoms with Crippen molar-refractivity contribution in [2.24, 2.45) is 0 Å². The molecule has 2 heterocycles. The zero-order valence-corrected chi connectivity index (χ0v) is 20.2. The van der Waals surface area contributed by atoms with E-state index in [9.17, 15) is 9.59 Å². The fourth-order valence-corrected chi connectivity index (χ4v) is 6.96. The number of nitrogens with zero attached hydrogens (tertiary/aromatic N) is 2. The van der Waals surface area contributed by atoms with Crippen molar-refractivity contribution in [3.05, 3.63) is 69.2 Å². The third kappa shape index (κ3) is 3.50. The molecule has 0 spiro atoms. The monoisotopic (exact) mass is 500 g/mol. The standard InChI is InChI=1S/C25H24N2O2Se.ClH/c1-3-26(4-2)14-7-15-27-24(28)18-11-10-17-16-8-5-6-9-20(16)30-21-13-12-19(25(27)29)22(18)23(17)21;/h5-6,8-13H,3-4,7,14-15H2,1-2H3;1H. The smallest absolute Gasteiger partial charge is 0.147 e. The summed E-state index contributed by atoms with van der Waals surface area (Å²) < 4.78 is 4.06. The predicted molar refractivity (Wildman–Crippen MR) is 135 cm³/mol. The number of fused-ring (bicyclic) bond motifs is 2. The molecule has 160 valence electrons. The number of aromatic nitrogens is 1. The van der Waals surface area contributed by atoms with Crippen LogP contribution >= 0.6 is 12.4 Å². The van der Waals surface area contributed by atoms with Gasteiger partial charge < -0.3 is 0 Å². The van der Waals surface area contributed by atoms with Crippen LogP contribution in [0, 0.1) is 0 Å². The van der Waals surface area contributed by atoms with Gasteiger partial charge in [0.1, 0.15) is 0 Å². The Morgan fingerprint density at radius 2 is 1.42 bits per heavy atom. The number of rotatable bonds is 6. The van der Waals surface area contributed by atoms with Gasteiger partial charge in [-0.1, -0.05) is 0 Å². The molecule has 0 atom stereocenters. The minimum Gasteiger partial charge on any atom is -0.147 e. The van der Waals surface area contributed by atoms with E-state index >= 15 is 0 Å². The average molecular weight is 500 g/mol. The molecule has 2 aromatic heterocycles. The van der Waals surface area contributed by atoms with Gasteiger partial charge in [-0.25, -0.2) is 0 Å². The Labute approximate surface area is 192 Å². The van der Waals surface area contributed by atoms with Gasteiger partial charge in [-0.3, -0.25) is 0 Å². The SMILES string of the molecule is CCN(CC)CCCn1c(=O)c2ccc3[se]c4ccccc4c4ccc(c1=O)c2c34.Cl. The largest absolute Gasteiger partial charge is 0.147 e. The quantitative estimate of drug-likeness (QED) is 0.197. The van der Waals surface area contributed by atoms with Crippen molar-refractivity contribution in [3.63, 3.8) is 0 Å². The van der Waals surface area contributed by atoms with Crippen LogP contribution in [0.3, 0.4) is 0 Å². The normalized spacial score (nSPS) is 11.8. The van der Waals surface area contributed by atoms with Gasteiger partial charge in [0, 0.05) is 0 Å². The Hall–Kier alpha value is -2.17. The molecule has 0 aliphatic heterocycles. The summed E-state index contributed by atoms with van der Waals surface area (Å²) in [5.74, 6) is 0. The van der Waals surface area contributed by atoms with E-state index in [2.05, 4.69) is 55.1 Å². The third-order valence-electron chi connectivity index (χ3n) is 6.22. The first-order valence-corrected chi connectivity index (χ1v) is 12.3. The Kier molecular flexibility index (Phi) is 6.23. The molecule has 5 aromatic rings. The fourth-order valence-electron chi connectivity index (χ4n) is 4.60. The van der Waals surface area contributed by atoms with Gasteiger partial charge >= 0.3 is 180 Å². The van der Waals surface area contributed by atoms with E-state index in [4.69, 9.17) is 0 Å². The van der Waals surface area contributed by atoms with Crippen molar-refractivity contribution in [1.82, 2.24) is 9.47 Å². The maximum absolute atomic E-state index is 13.3. The minimum atomic E-state index is -0.151. The molecule has 0 aliphatic rings. The van der Waals surface area contributed by atoms with E-state index in [1.54, 1.807) is 0 Å². The van der Waals surface area contributed by atoms with E-state index in [0.717, 1.165) is 42.2 Å². The molecule has 0 saturated heterocycles. The van der Waals surface area contributed by atoms with E-state index in [1.807, 2.05) is 12.1 Å². The molecule has 0 bridgehead atoms. The van der Waals surface area contributed by atoms with Gasteiger partial charge in [-0.05, 0) is 0 Å². The molecule has 0 aliphatic carbocycles. The first-order chi connectivity index (χ1) is 14.6. The van der Waals surface area contributed by atoms with Gasteiger partial charge in [0.05, 0.1) is 0 Å². The summed E-state index contributed by atoms with van der Waals surface area (Å²) in [5.41, 5.74) is -0.302. The van der Waals surface area contributed by atoms with Crippen LogP contribution in [0.4, 0.5) is 0 Å². The molecular weight excluding hydrogens is 475 g/mol. The summed E-state index contributed by atoms with van der Waals surface area (Å²) in [4.78, 5) is 28.9. The molecule has 0 N–H and O–H groups in total. The van der Waals surface area contributed by atoms with Gasteiger partial charge in [-0.2, -0.15) is 0 Å². The van der Waals surface area contributed by atoms with Crippen molar-refractivity contribution >= 4 is 67.7 Å².